The second-order valence-corrected chi connectivity index (χ2v) is 8.00. The quantitative estimate of drug-likeness (QED) is 0.150. The maximum Gasteiger partial charge on any atom is 0.344 e. The second-order valence-electron chi connectivity index (χ2n) is 5.68. The molecule has 0 radical (unpaired) electrons. The zero-order valence-corrected chi connectivity index (χ0v) is 19.1. The van der Waals surface area contributed by atoms with E-state index in [1.54, 1.807) is 24.3 Å². The summed E-state index contributed by atoms with van der Waals surface area (Å²) in [7, 11) is 0. The first-order valence-electron chi connectivity index (χ1n) is 8.01. The molecule has 3 rings (SSSR count). The Morgan fingerprint density at radius 1 is 0.567 bits per heavy atom. The minimum atomic E-state index is -0.933. The fourth-order valence-electron chi connectivity index (χ4n) is 2.33. The maximum atomic E-state index is 12.8. The standard InChI is InChI=1S/C20H8Cl6O4/c21-9-5-7-10(8-6-9)29-19(27)11-3-1-2-4-12(11)20(28)30-18-16(25)14(23)13(22)15(24)17(18)26/h1-8H. The third-order valence-electron chi connectivity index (χ3n) is 3.76. The lowest BCUT2D eigenvalue weighted by Gasteiger charge is -2.13. The Morgan fingerprint density at radius 3 is 1.50 bits per heavy atom. The Balaban J connectivity index is 1.92. The van der Waals surface area contributed by atoms with E-state index in [0.29, 0.717) is 5.02 Å². The molecule has 0 heterocycles. The Labute approximate surface area is 201 Å². The van der Waals surface area contributed by atoms with Gasteiger partial charge >= 0.3 is 11.9 Å². The molecule has 0 aliphatic rings. The van der Waals surface area contributed by atoms with Crippen molar-refractivity contribution in [2.75, 3.05) is 0 Å². The molecule has 0 N–H and O–H groups in total. The fourth-order valence-corrected chi connectivity index (χ4v) is 3.65. The highest BCUT2D eigenvalue weighted by Gasteiger charge is 2.25. The zero-order valence-electron chi connectivity index (χ0n) is 14.5. The van der Waals surface area contributed by atoms with Gasteiger partial charge in [-0.25, -0.2) is 9.59 Å². The summed E-state index contributed by atoms with van der Waals surface area (Å²) in [4.78, 5) is 25.4. The second kappa shape index (κ2) is 9.65. The summed E-state index contributed by atoms with van der Waals surface area (Å²) in [5.41, 5.74) is -0.137. The Kier molecular flexibility index (Phi) is 7.40. The molecular weight excluding hydrogens is 517 g/mol. The van der Waals surface area contributed by atoms with Crippen LogP contribution in [-0.2, 0) is 0 Å². The molecule has 4 nitrogen and oxygen atoms in total. The van der Waals surface area contributed by atoms with Crippen molar-refractivity contribution in [3.63, 3.8) is 0 Å². The van der Waals surface area contributed by atoms with Crippen LogP contribution in [0.5, 0.6) is 11.5 Å². The van der Waals surface area contributed by atoms with E-state index in [1.165, 1.54) is 24.3 Å². The molecule has 3 aromatic carbocycles. The van der Waals surface area contributed by atoms with Gasteiger partial charge in [0.25, 0.3) is 0 Å². The lowest BCUT2D eigenvalue weighted by molar-refractivity contribution is 0.0692. The fraction of sp³-hybridized carbons (Fsp3) is 0. The van der Waals surface area contributed by atoms with Gasteiger partial charge in [0, 0.05) is 5.02 Å². The van der Waals surface area contributed by atoms with Gasteiger partial charge in [0.15, 0.2) is 5.75 Å². The van der Waals surface area contributed by atoms with Gasteiger partial charge in [-0.3, -0.25) is 0 Å². The lowest BCUT2D eigenvalue weighted by atomic mass is 10.1. The summed E-state index contributed by atoms with van der Waals surface area (Å²) in [5.74, 6) is -1.76. The highest BCUT2D eigenvalue weighted by molar-refractivity contribution is 6.55. The summed E-state index contributed by atoms with van der Waals surface area (Å²) in [6, 6.07) is 12.0. The van der Waals surface area contributed by atoms with E-state index in [2.05, 4.69) is 0 Å². The minimum absolute atomic E-state index is 0.0455. The molecule has 0 aliphatic carbocycles. The summed E-state index contributed by atoms with van der Waals surface area (Å²) >= 11 is 35.9. The average Bonchev–Trinajstić information content (AvgIpc) is 2.75. The van der Waals surface area contributed by atoms with Crippen LogP contribution in [0.3, 0.4) is 0 Å². The van der Waals surface area contributed by atoms with Gasteiger partial charge in [0.05, 0.1) is 26.2 Å². The number of ether oxygens (including phenoxy) is 2. The summed E-state index contributed by atoms with van der Waals surface area (Å²) < 4.78 is 10.6. The van der Waals surface area contributed by atoms with Crippen molar-refractivity contribution in [1.82, 2.24) is 0 Å². The van der Waals surface area contributed by atoms with Crippen molar-refractivity contribution in [1.29, 1.82) is 0 Å². The first-order chi connectivity index (χ1) is 14.2. The molecule has 154 valence electrons. The first-order valence-corrected chi connectivity index (χ1v) is 10.3. The van der Waals surface area contributed by atoms with Crippen molar-refractivity contribution in [2.24, 2.45) is 0 Å². The van der Waals surface area contributed by atoms with E-state index in [9.17, 15) is 9.59 Å². The van der Waals surface area contributed by atoms with Gasteiger partial charge in [0.1, 0.15) is 15.8 Å². The molecule has 0 spiro atoms. The molecule has 0 aliphatic heterocycles. The number of esters is 2. The molecule has 0 fully saturated rings. The monoisotopic (exact) mass is 522 g/mol. The molecule has 10 heteroatoms. The zero-order chi connectivity index (χ0) is 22.0. The Morgan fingerprint density at radius 2 is 1.00 bits per heavy atom. The average molecular weight is 525 g/mol. The number of halogens is 6. The van der Waals surface area contributed by atoms with Crippen LogP contribution in [0, 0.1) is 0 Å². The van der Waals surface area contributed by atoms with Gasteiger partial charge in [-0.15, -0.1) is 0 Å². The number of carbonyl (C=O) groups excluding carboxylic acids is 2. The number of rotatable bonds is 4. The Bertz CT molecular complexity index is 1120. The van der Waals surface area contributed by atoms with E-state index in [4.69, 9.17) is 79.1 Å². The summed E-state index contributed by atoms with van der Waals surface area (Å²) in [6.07, 6.45) is 0. The third-order valence-corrected chi connectivity index (χ3v) is 6.25. The highest BCUT2D eigenvalue weighted by Crippen LogP contribution is 2.48. The van der Waals surface area contributed by atoms with Gasteiger partial charge < -0.3 is 9.47 Å². The Hall–Kier alpha value is -1.66. The third kappa shape index (κ3) is 4.80. The van der Waals surface area contributed by atoms with Crippen molar-refractivity contribution < 1.29 is 19.1 Å². The van der Waals surface area contributed by atoms with Crippen LogP contribution in [0.15, 0.2) is 48.5 Å². The van der Waals surface area contributed by atoms with Gasteiger partial charge in [-0.1, -0.05) is 81.7 Å². The van der Waals surface area contributed by atoms with Crippen molar-refractivity contribution in [2.45, 2.75) is 0 Å². The minimum Gasteiger partial charge on any atom is -0.423 e. The molecule has 3 aromatic rings. The van der Waals surface area contributed by atoms with Crippen LogP contribution in [0.25, 0.3) is 0 Å². The van der Waals surface area contributed by atoms with Crippen LogP contribution in [0.2, 0.25) is 30.1 Å². The van der Waals surface area contributed by atoms with Crippen LogP contribution >= 0.6 is 69.6 Å². The van der Waals surface area contributed by atoms with Crippen LogP contribution in [-0.4, -0.2) is 11.9 Å². The molecule has 0 amide bonds. The molecule has 0 atom stereocenters. The highest BCUT2D eigenvalue weighted by atomic mass is 35.5. The normalized spacial score (nSPS) is 10.6. The molecular formula is C20H8Cl6O4. The maximum absolute atomic E-state index is 12.8. The van der Waals surface area contributed by atoms with Crippen LogP contribution in [0.4, 0.5) is 0 Å². The SMILES string of the molecule is O=C(Oc1ccc(Cl)cc1)c1ccccc1C(=O)Oc1c(Cl)c(Cl)c(Cl)c(Cl)c1Cl. The van der Waals surface area contributed by atoms with Crippen molar-refractivity contribution >= 4 is 81.5 Å². The number of hydrogen-bond acceptors (Lipinski definition) is 4. The molecule has 30 heavy (non-hydrogen) atoms. The van der Waals surface area contributed by atoms with Gasteiger partial charge in [-0.05, 0) is 36.4 Å². The van der Waals surface area contributed by atoms with E-state index in [0.717, 1.165) is 0 Å². The molecule has 0 unspecified atom stereocenters. The van der Waals surface area contributed by atoms with Gasteiger partial charge in [0.2, 0.25) is 0 Å². The van der Waals surface area contributed by atoms with E-state index >= 15 is 0 Å². The van der Waals surface area contributed by atoms with Gasteiger partial charge in [-0.2, -0.15) is 0 Å². The number of carbonyl (C=O) groups is 2. The van der Waals surface area contributed by atoms with Crippen LogP contribution < -0.4 is 9.47 Å². The number of hydrogen-bond donors (Lipinski definition) is 0. The largest absolute Gasteiger partial charge is 0.423 e. The molecule has 0 saturated carbocycles. The van der Waals surface area contributed by atoms with E-state index in [-0.39, 0.29) is 47.7 Å². The van der Waals surface area contributed by atoms with Crippen LogP contribution in [0.1, 0.15) is 20.7 Å². The lowest BCUT2D eigenvalue weighted by Crippen LogP contribution is -2.17. The first kappa shape index (κ1) is 23.0. The molecule has 0 bridgehead atoms. The smallest absolute Gasteiger partial charge is 0.344 e. The van der Waals surface area contributed by atoms with Crippen molar-refractivity contribution in [3.05, 3.63) is 89.8 Å². The van der Waals surface area contributed by atoms with Crippen molar-refractivity contribution in [3.8, 4) is 11.5 Å². The molecule has 0 aromatic heterocycles. The topological polar surface area (TPSA) is 52.6 Å². The predicted octanol–water partition coefficient (Wildman–Crippen LogP) is 8.05. The number of benzene rings is 3. The summed E-state index contributed by atoms with van der Waals surface area (Å²) in [5, 5.41) is -0.277. The molecule has 0 saturated heterocycles. The summed E-state index contributed by atoms with van der Waals surface area (Å²) in [6.45, 7) is 0. The van der Waals surface area contributed by atoms with E-state index < -0.39 is 11.9 Å². The van der Waals surface area contributed by atoms with E-state index in [1.807, 2.05) is 0 Å². The predicted molar refractivity (Wildman–Crippen MR) is 119 cm³/mol.